The molecule has 0 saturated carbocycles. The number of pyridine rings is 1. The Morgan fingerprint density at radius 2 is 1.25 bits per heavy atom. The number of carbonyl (C=O) groups excluding carboxylic acids is 2. The summed E-state index contributed by atoms with van der Waals surface area (Å²) >= 11 is 0. The van der Waals surface area contributed by atoms with Gasteiger partial charge in [-0.3, -0.25) is 19.5 Å². The molecule has 2 heterocycles. The van der Waals surface area contributed by atoms with Crippen molar-refractivity contribution in [3.63, 3.8) is 0 Å². The molecular formula is C30H28N4O2. The highest BCUT2D eigenvalue weighted by Gasteiger charge is 2.29. The zero-order valence-electron chi connectivity index (χ0n) is 20.0. The third-order valence-electron chi connectivity index (χ3n) is 6.55. The third kappa shape index (κ3) is 5.19. The lowest BCUT2D eigenvalue weighted by Crippen LogP contribution is -2.50. The number of piperazine rings is 1. The maximum absolute atomic E-state index is 13.5. The topological polar surface area (TPSA) is 65.5 Å². The maximum Gasteiger partial charge on any atom is 0.256 e. The van der Waals surface area contributed by atoms with Gasteiger partial charge in [-0.25, -0.2) is 0 Å². The highest BCUT2D eigenvalue weighted by molar-refractivity contribution is 6.08. The largest absolute Gasteiger partial charge is 0.336 e. The van der Waals surface area contributed by atoms with Gasteiger partial charge in [0.05, 0.1) is 17.3 Å². The second-order valence-corrected chi connectivity index (χ2v) is 8.79. The molecule has 1 saturated heterocycles. The number of anilines is 1. The Labute approximate surface area is 211 Å². The lowest BCUT2D eigenvalue weighted by molar-refractivity contribution is 0.0598. The highest BCUT2D eigenvalue weighted by atomic mass is 16.2. The van der Waals surface area contributed by atoms with Crippen molar-refractivity contribution in [3.05, 3.63) is 132 Å². The lowest BCUT2D eigenvalue weighted by atomic mass is 9.96. The molecule has 36 heavy (non-hydrogen) atoms. The van der Waals surface area contributed by atoms with E-state index in [2.05, 4.69) is 63.7 Å². The summed E-state index contributed by atoms with van der Waals surface area (Å²) in [5, 5.41) is 2.89. The molecule has 1 aromatic heterocycles. The number of para-hydroxylation sites is 1. The van der Waals surface area contributed by atoms with E-state index in [1.54, 1.807) is 36.7 Å². The number of nitrogens with one attached hydrogen (secondary N) is 1. The summed E-state index contributed by atoms with van der Waals surface area (Å²) in [6.07, 6.45) is 3.15. The Morgan fingerprint density at radius 3 is 1.86 bits per heavy atom. The van der Waals surface area contributed by atoms with Gasteiger partial charge in [0.2, 0.25) is 0 Å². The van der Waals surface area contributed by atoms with Crippen molar-refractivity contribution in [2.24, 2.45) is 0 Å². The van der Waals surface area contributed by atoms with Crippen LogP contribution in [0.15, 0.2) is 109 Å². The molecule has 0 radical (unpaired) electrons. The van der Waals surface area contributed by atoms with Gasteiger partial charge in [0.25, 0.3) is 11.8 Å². The van der Waals surface area contributed by atoms with E-state index in [0.29, 0.717) is 29.9 Å². The van der Waals surface area contributed by atoms with Gasteiger partial charge in [0.15, 0.2) is 0 Å². The zero-order valence-corrected chi connectivity index (χ0v) is 20.0. The van der Waals surface area contributed by atoms with E-state index in [1.807, 2.05) is 29.2 Å². The van der Waals surface area contributed by atoms with Gasteiger partial charge in [-0.1, -0.05) is 72.8 Å². The Bertz CT molecular complexity index is 1270. The fraction of sp³-hybridized carbons (Fsp3) is 0.167. The van der Waals surface area contributed by atoms with E-state index >= 15 is 0 Å². The summed E-state index contributed by atoms with van der Waals surface area (Å²) < 4.78 is 0. The molecule has 0 unspecified atom stereocenters. The minimum absolute atomic E-state index is 0.0729. The summed E-state index contributed by atoms with van der Waals surface area (Å²) in [5.74, 6) is -0.340. The Hall–Kier alpha value is -4.29. The first-order valence-electron chi connectivity index (χ1n) is 12.1. The van der Waals surface area contributed by atoms with Crippen LogP contribution >= 0.6 is 0 Å². The standard InChI is InChI=1S/C30H28N4O2/c35-29(25-15-17-31-18-16-25)32-27-14-8-7-13-26(27)30(36)34-21-19-33(20-22-34)28(23-9-3-1-4-10-23)24-11-5-2-6-12-24/h1-18,28H,19-22H2,(H,32,35). The van der Waals surface area contributed by atoms with Gasteiger partial charge >= 0.3 is 0 Å². The van der Waals surface area contributed by atoms with Crippen molar-refractivity contribution < 1.29 is 9.59 Å². The van der Waals surface area contributed by atoms with Crippen LogP contribution in [0.3, 0.4) is 0 Å². The van der Waals surface area contributed by atoms with E-state index in [1.165, 1.54) is 11.1 Å². The summed E-state index contributed by atoms with van der Waals surface area (Å²) in [5.41, 5.74) is 3.99. The summed E-state index contributed by atoms with van der Waals surface area (Å²) in [6.45, 7) is 2.74. The zero-order chi connectivity index (χ0) is 24.7. The molecule has 0 spiro atoms. The van der Waals surface area contributed by atoms with Crippen molar-refractivity contribution in [2.45, 2.75) is 6.04 Å². The molecule has 1 aliphatic heterocycles. The third-order valence-corrected chi connectivity index (χ3v) is 6.55. The molecule has 1 aliphatic rings. The molecule has 6 nitrogen and oxygen atoms in total. The quantitative estimate of drug-likeness (QED) is 0.431. The molecule has 3 aromatic carbocycles. The molecular weight excluding hydrogens is 448 g/mol. The summed E-state index contributed by atoms with van der Waals surface area (Å²) in [6, 6.07) is 31.6. The van der Waals surface area contributed by atoms with Crippen LogP contribution in [0.4, 0.5) is 5.69 Å². The molecule has 2 amide bonds. The first-order chi connectivity index (χ1) is 17.7. The van der Waals surface area contributed by atoms with Crippen LogP contribution in [-0.2, 0) is 0 Å². The number of hydrogen-bond donors (Lipinski definition) is 1. The number of amides is 2. The van der Waals surface area contributed by atoms with Gasteiger partial charge in [-0.2, -0.15) is 0 Å². The minimum atomic E-state index is -0.268. The van der Waals surface area contributed by atoms with Crippen molar-refractivity contribution in [3.8, 4) is 0 Å². The average Bonchev–Trinajstić information content (AvgIpc) is 2.95. The van der Waals surface area contributed by atoms with Crippen LogP contribution in [0.1, 0.15) is 37.9 Å². The fourth-order valence-corrected chi connectivity index (χ4v) is 4.71. The van der Waals surface area contributed by atoms with Crippen LogP contribution < -0.4 is 5.32 Å². The Balaban J connectivity index is 1.30. The molecule has 0 bridgehead atoms. The second-order valence-electron chi connectivity index (χ2n) is 8.79. The van der Waals surface area contributed by atoms with E-state index in [9.17, 15) is 9.59 Å². The first-order valence-corrected chi connectivity index (χ1v) is 12.1. The maximum atomic E-state index is 13.5. The number of rotatable bonds is 6. The van der Waals surface area contributed by atoms with E-state index in [4.69, 9.17) is 0 Å². The highest BCUT2D eigenvalue weighted by Crippen LogP contribution is 2.30. The number of benzene rings is 3. The number of carbonyl (C=O) groups is 2. The van der Waals surface area contributed by atoms with Gasteiger partial charge < -0.3 is 10.2 Å². The number of aromatic nitrogens is 1. The van der Waals surface area contributed by atoms with E-state index in [-0.39, 0.29) is 17.9 Å². The van der Waals surface area contributed by atoms with Gasteiger partial charge in [0, 0.05) is 44.1 Å². The normalized spacial score (nSPS) is 14.0. The van der Waals surface area contributed by atoms with Crippen molar-refractivity contribution in [2.75, 3.05) is 31.5 Å². The van der Waals surface area contributed by atoms with Gasteiger partial charge in [-0.15, -0.1) is 0 Å². The smallest absolute Gasteiger partial charge is 0.256 e. The van der Waals surface area contributed by atoms with Crippen LogP contribution in [0.5, 0.6) is 0 Å². The van der Waals surface area contributed by atoms with Crippen LogP contribution in [-0.4, -0.2) is 52.8 Å². The van der Waals surface area contributed by atoms with E-state index < -0.39 is 0 Å². The molecule has 4 aromatic rings. The summed E-state index contributed by atoms with van der Waals surface area (Å²) in [7, 11) is 0. The lowest BCUT2D eigenvalue weighted by Gasteiger charge is -2.40. The van der Waals surface area contributed by atoms with Crippen LogP contribution in [0.25, 0.3) is 0 Å². The van der Waals surface area contributed by atoms with E-state index in [0.717, 1.165) is 13.1 Å². The SMILES string of the molecule is O=C(Nc1ccccc1C(=O)N1CCN(C(c2ccccc2)c2ccccc2)CC1)c1ccncc1. The molecule has 6 heteroatoms. The Morgan fingerprint density at radius 1 is 0.694 bits per heavy atom. The molecule has 180 valence electrons. The first kappa shape index (κ1) is 23.5. The number of nitrogens with zero attached hydrogens (tertiary/aromatic N) is 3. The molecule has 1 N–H and O–H groups in total. The fourth-order valence-electron chi connectivity index (χ4n) is 4.71. The second kappa shape index (κ2) is 11.0. The Kier molecular flexibility index (Phi) is 7.15. The van der Waals surface area contributed by atoms with Crippen molar-refractivity contribution in [1.82, 2.24) is 14.8 Å². The minimum Gasteiger partial charge on any atom is -0.336 e. The van der Waals surface area contributed by atoms with Crippen LogP contribution in [0, 0.1) is 0 Å². The van der Waals surface area contributed by atoms with Gasteiger partial charge in [0.1, 0.15) is 0 Å². The predicted molar refractivity (Wildman–Crippen MR) is 141 cm³/mol. The van der Waals surface area contributed by atoms with Crippen molar-refractivity contribution >= 4 is 17.5 Å². The molecule has 0 aliphatic carbocycles. The average molecular weight is 477 g/mol. The molecule has 1 fully saturated rings. The molecule has 0 atom stereocenters. The van der Waals surface area contributed by atoms with Crippen LogP contribution in [0.2, 0.25) is 0 Å². The summed E-state index contributed by atoms with van der Waals surface area (Å²) in [4.78, 5) is 34.4. The predicted octanol–water partition coefficient (Wildman–Crippen LogP) is 4.88. The monoisotopic (exact) mass is 476 g/mol. The molecule has 5 rings (SSSR count). The number of hydrogen-bond acceptors (Lipinski definition) is 4. The van der Waals surface area contributed by atoms with Gasteiger partial charge in [-0.05, 0) is 35.4 Å². The van der Waals surface area contributed by atoms with Crippen molar-refractivity contribution in [1.29, 1.82) is 0 Å².